The molecule has 0 bridgehead atoms. The first-order chi connectivity index (χ1) is 11.5. The van der Waals surface area contributed by atoms with Gasteiger partial charge >= 0.3 is 0 Å². The third kappa shape index (κ3) is 4.68. The highest BCUT2D eigenvalue weighted by Gasteiger charge is 2.33. The second-order valence-corrected chi connectivity index (χ2v) is 8.13. The van der Waals surface area contributed by atoms with Gasteiger partial charge in [0.25, 0.3) is 0 Å². The zero-order valence-electron chi connectivity index (χ0n) is 14.2. The van der Waals surface area contributed by atoms with E-state index in [-0.39, 0.29) is 22.7 Å². The Morgan fingerprint density at radius 1 is 1.28 bits per heavy atom. The molecule has 1 aliphatic rings. The Labute approximate surface area is 154 Å². The molecule has 2 heterocycles. The van der Waals surface area contributed by atoms with E-state index in [0.717, 1.165) is 36.8 Å². The average molecular weight is 386 g/mol. The number of benzene rings is 1. The topological polar surface area (TPSA) is 80.3 Å². The summed E-state index contributed by atoms with van der Waals surface area (Å²) in [6.07, 6.45) is 3.48. The third-order valence-electron chi connectivity index (χ3n) is 4.64. The van der Waals surface area contributed by atoms with Crippen LogP contribution in [0.5, 0.6) is 0 Å². The second kappa shape index (κ2) is 8.42. The molecule has 0 saturated carbocycles. The molecular formula is C17H24ClN3O3S. The number of methoxy groups -OCH3 is 1. The van der Waals surface area contributed by atoms with Crippen LogP contribution >= 0.6 is 12.4 Å². The summed E-state index contributed by atoms with van der Waals surface area (Å²) in [6, 6.07) is 8.66. The Hall–Kier alpha value is -1.25. The summed E-state index contributed by atoms with van der Waals surface area (Å²) in [6.45, 7) is 2.70. The van der Waals surface area contributed by atoms with E-state index in [2.05, 4.69) is 15.0 Å². The molecule has 6 nitrogen and oxygen atoms in total. The van der Waals surface area contributed by atoms with Crippen molar-refractivity contribution >= 4 is 33.3 Å². The Kier molecular flexibility index (Phi) is 6.76. The van der Waals surface area contributed by atoms with Crippen LogP contribution in [-0.2, 0) is 14.8 Å². The Balaban J connectivity index is 0.00000225. The van der Waals surface area contributed by atoms with Crippen LogP contribution in [0.2, 0.25) is 0 Å². The zero-order valence-corrected chi connectivity index (χ0v) is 15.8. The molecule has 0 atom stereocenters. The molecule has 1 saturated heterocycles. The lowest BCUT2D eigenvalue weighted by Gasteiger charge is -2.37. The molecule has 0 radical (unpaired) electrons. The van der Waals surface area contributed by atoms with Crippen molar-refractivity contribution < 1.29 is 13.2 Å². The van der Waals surface area contributed by atoms with E-state index >= 15 is 0 Å². The van der Waals surface area contributed by atoms with Crippen molar-refractivity contribution in [2.45, 2.75) is 17.7 Å². The highest BCUT2D eigenvalue weighted by molar-refractivity contribution is 7.89. The molecule has 0 aliphatic carbocycles. The lowest BCUT2D eigenvalue weighted by atomic mass is 9.80. The molecule has 0 spiro atoms. The first-order valence-electron chi connectivity index (χ1n) is 8.09. The Morgan fingerprint density at radius 2 is 2.04 bits per heavy atom. The number of fused-ring (bicyclic) bond motifs is 1. The smallest absolute Gasteiger partial charge is 0.240 e. The van der Waals surface area contributed by atoms with Crippen molar-refractivity contribution in [1.82, 2.24) is 15.0 Å². The predicted molar refractivity (Wildman–Crippen MR) is 101 cm³/mol. The molecule has 8 heteroatoms. The normalized spacial score (nSPS) is 17.2. The number of halogens is 1. The van der Waals surface area contributed by atoms with Gasteiger partial charge in [-0.25, -0.2) is 13.1 Å². The molecule has 2 aromatic rings. The molecule has 1 aromatic carbocycles. The molecule has 1 aromatic heterocycles. The maximum atomic E-state index is 12.7. The lowest BCUT2D eigenvalue weighted by Crippen LogP contribution is -2.47. The van der Waals surface area contributed by atoms with Crippen molar-refractivity contribution in [3.63, 3.8) is 0 Å². The van der Waals surface area contributed by atoms with Crippen molar-refractivity contribution in [2.24, 2.45) is 5.41 Å². The molecule has 2 N–H and O–H groups in total. The van der Waals surface area contributed by atoms with E-state index in [1.807, 2.05) is 6.07 Å². The fourth-order valence-corrected chi connectivity index (χ4v) is 4.38. The van der Waals surface area contributed by atoms with E-state index in [9.17, 15) is 8.42 Å². The molecule has 25 heavy (non-hydrogen) atoms. The van der Waals surface area contributed by atoms with Crippen LogP contribution in [0.3, 0.4) is 0 Å². The minimum Gasteiger partial charge on any atom is -0.384 e. The first-order valence-corrected chi connectivity index (χ1v) is 9.57. The largest absolute Gasteiger partial charge is 0.384 e. The minimum atomic E-state index is -3.56. The number of pyridine rings is 1. The number of piperidine rings is 1. The predicted octanol–water partition coefficient (Wildman–Crippen LogP) is 1.95. The molecule has 138 valence electrons. The van der Waals surface area contributed by atoms with Gasteiger partial charge in [-0.15, -0.1) is 12.4 Å². The summed E-state index contributed by atoms with van der Waals surface area (Å²) in [5.41, 5.74) is 0.636. The number of rotatable bonds is 6. The maximum absolute atomic E-state index is 12.7. The van der Waals surface area contributed by atoms with Gasteiger partial charge in [0.2, 0.25) is 10.0 Å². The van der Waals surface area contributed by atoms with Gasteiger partial charge in [-0.1, -0.05) is 6.07 Å². The number of nitrogens with zero attached hydrogens (tertiary/aromatic N) is 1. The number of hydrogen-bond donors (Lipinski definition) is 2. The monoisotopic (exact) mass is 385 g/mol. The van der Waals surface area contributed by atoms with Crippen molar-refractivity contribution in [1.29, 1.82) is 0 Å². The molecule has 0 amide bonds. The van der Waals surface area contributed by atoms with Crippen LogP contribution in [0.4, 0.5) is 0 Å². The average Bonchev–Trinajstić information content (AvgIpc) is 2.61. The van der Waals surface area contributed by atoms with E-state index in [1.54, 1.807) is 37.6 Å². The summed E-state index contributed by atoms with van der Waals surface area (Å²) in [7, 11) is -1.90. The van der Waals surface area contributed by atoms with E-state index in [1.165, 1.54) is 0 Å². The number of hydrogen-bond acceptors (Lipinski definition) is 5. The number of nitrogens with one attached hydrogen (secondary N) is 2. The van der Waals surface area contributed by atoms with E-state index in [4.69, 9.17) is 4.74 Å². The number of sulfonamides is 1. The summed E-state index contributed by atoms with van der Waals surface area (Å²) >= 11 is 0. The number of aromatic nitrogens is 1. The highest BCUT2D eigenvalue weighted by Crippen LogP contribution is 2.29. The lowest BCUT2D eigenvalue weighted by molar-refractivity contribution is 0.0577. The summed E-state index contributed by atoms with van der Waals surface area (Å²) < 4.78 is 33.5. The first kappa shape index (κ1) is 20.1. The molecule has 1 aliphatic heterocycles. The zero-order chi connectivity index (χ0) is 17.0. The van der Waals surface area contributed by atoms with Gasteiger partial charge in [0.15, 0.2) is 0 Å². The van der Waals surface area contributed by atoms with Crippen LogP contribution in [0, 0.1) is 5.41 Å². The number of ether oxygens (including phenoxy) is 1. The fourth-order valence-electron chi connectivity index (χ4n) is 3.19. The molecule has 3 rings (SSSR count). The Morgan fingerprint density at radius 3 is 2.76 bits per heavy atom. The van der Waals surface area contributed by atoms with Crippen LogP contribution in [0.25, 0.3) is 10.9 Å². The van der Waals surface area contributed by atoms with Crippen LogP contribution in [0.1, 0.15) is 12.8 Å². The van der Waals surface area contributed by atoms with Crippen LogP contribution in [-0.4, -0.2) is 46.8 Å². The SMILES string of the molecule is COCC1(CNS(=O)(=O)c2ccc3ncccc3c2)CCNCC1.Cl. The Bertz CT molecular complexity index is 802. The molecular weight excluding hydrogens is 362 g/mol. The highest BCUT2D eigenvalue weighted by atomic mass is 35.5. The van der Waals surface area contributed by atoms with Crippen molar-refractivity contribution in [3.05, 3.63) is 36.5 Å². The maximum Gasteiger partial charge on any atom is 0.240 e. The van der Waals surface area contributed by atoms with Gasteiger partial charge in [-0.2, -0.15) is 0 Å². The van der Waals surface area contributed by atoms with E-state index in [0.29, 0.717) is 13.2 Å². The summed E-state index contributed by atoms with van der Waals surface area (Å²) in [4.78, 5) is 4.49. The summed E-state index contributed by atoms with van der Waals surface area (Å²) in [5, 5.41) is 4.12. The second-order valence-electron chi connectivity index (χ2n) is 6.37. The van der Waals surface area contributed by atoms with E-state index < -0.39 is 10.0 Å². The standard InChI is InChI=1S/C17H23N3O3S.ClH/c1-23-13-17(6-9-18-10-7-17)12-20-24(21,22)15-4-5-16-14(11-15)3-2-8-19-16;/h2-5,8,11,18,20H,6-7,9-10,12-13H2,1H3;1H. The van der Waals surface area contributed by atoms with Gasteiger partial charge in [0.05, 0.1) is 17.0 Å². The van der Waals surface area contributed by atoms with Gasteiger partial charge in [-0.05, 0) is 50.2 Å². The molecule has 0 unspecified atom stereocenters. The molecule has 1 fully saturated rings. The van der Waals surface area contributed by atoms with Crippen LogP contribution in [0.15, 0.2) is 41.4 Å². The van der Waals surface area contributed by atoms with Gasteiger partial charge in [0, 0.05) is 30.7 Å². The van der Waals surface area contributed by atoms with Crippen molar-refractivity contribution in [3.8, 4) is 0 Å². The van der Waals surface area contributed by atoms with Crippen molar-refractivity contribution in [2.75, 3.05) is 33.4 Å². The van der Waals surface area contributed by atoms with Crippen LogP contribution < -0.4 is 10.0 Å². The minimum absolute atomic E-state index is 0. The third-order valence-corrected chi connectivity index (χ3v) is 6.04. The summed E-state index contributed by atoms with van der Waals surface area (Å²) in [5.74, 6) is 0. The van der Waals surface area contributed by atoms with Gasteiger partial charge in [-0.3, -0.25) is 4.98 Å². The van der Waals surface area contributed by atoms with Gasteiger partial charge < -0.3 is 10.1 Å². The van der Waals surface area contributed by atoms with Gasteiger partial charge in [0.1, 0.15) is 0 Å². The quantitative estimate of drug-likeness (QED) is 0.794. The fraction of sp³-hybridized carbons (Fsp3) is 0.471.